The minimum Gasteiger partial charge on any atom is -0.394 e. The zero-order valence-electron chi connectivity index (χ0n) is 15.1. The number of fused-ring (bicyclic) bond motifs is 1. The number of hydrogen-bond acceptors (Lipinski definition) is 8. The first kappa shape index (κ1) is 20.0. The van der Waals surface area contributed by atoms with E-state index in [4.69, 9.17) is 28.4 Å². The Morgan fingerprint density at radius 3 is 2.12 bits per heavy atom. The number of methoxy groups -OCH3 is 2. The summed E-state index contributed by atoms with van der Waals surface area (Å²) in [4.78, 5) is 0. The van der Waals surface area contributed by atoms with E-state index in [0.29, 0.717) is 6.61 Å². The highest BCUT2D eigenvalue weighted by molar-refractivity contribution is 4.99. The van der Waals surface area contributed by atoms with Crippen molar-refractivity contribution in [3.8, 4) is 0 Å². The number of unbranched alkanes of at least 4 members (excludes halogenated alkanes) is 1. The molecular formula is C16H30O8. The van der Waals surface area contributed by atoms with Crippen LogP contribution in [0.3, 0.4) is 0 Å². The Morgan fingerprint density at radius 1 is 1.04 bits per heavy atom. The molecule has 0 bridgehead atoms. The Bertz CT molecular complexity index is 408. The van der Waals surface area contributed by atoms with Crippen molar-refractivity contribution in [3.05, 3.63) is 0 Å². The van der Waals surface area contributed by atoms with E-state index in [-0.39, 0.29) is 6.61 Å². The molecule has 0 amide bonds. The van der Waals surface area contributed by atoms with E-state index in [9.17, 15) is 10.2 Å². The van der Waals surface area contributed by atoms with Crippen molar-refractivity contribution in [2.45, 2.75) is 75.9 Å². The van der Waals surface area contributed by atoms with E-state index in [1.54, 1.807) is 13.8 Å². The molecule has 0 aromatic rings. The van der Waals surface area contributed by atoms with E-state index in [0.717, 1.165) is 12.8 Å². The van der Waals surface area contributed by atoms with Crippen LogP contribution in [-0.2, 0) is 28.4 Å². The summed E-state index contributed by atoms with van der Waals surface area (Å²) in [5.74, 6) is -2.46. The van der Waals surface area contributed by atoms with Crippen molar-refractivity contribution >= 4 is 0 Å². The highest BCUT2D eigenvalue weighted by Gasteiger charge is 2.62. The Hall–Kier alpha value is -0.320. The van der Waals surface area contributed by atoms with Crippen molar-refractivity contribution in [1.29, 1.82) is 0 Å². The molecule has 2 N–H and O–H groups in total. The molecule has 2 aliphatic heterocycles. The minimum atomic E-state index is -1.24. The maximum Gasteiger partial charge on any atom is 0.220 e. The van der Waals surface area contributed by atoms with E-state index in [1.165, 1.54) is 14.2 Å². The van der Waals surface area contributed by atoms with E-state index in [1.807, 2.05) is 0 Å². The zero-order chi connectivity index (χ0) is 18.0. The van der Waals surface area contributed by atoms with Crippen LogP contribution in [0.25, 0.3) is 0 Å². The van der Waals surface area contributed by atoms with Crippen LogP contribution in [0.1, 0.15) is 33.6 Å². The lowest BCUT2D eigenvalue weighted by molar-refractivity contribution is -0.484. The fourth-order valence-corrected chi connectivity index (χ4v) is 2.98. The fourth-order valence-electron chi connectivity index (χ4n) is 2.98. The van der Waals surface area contributed by atoms with E-state index >= 15 is 0 Å². The summed E-state index contributed by atoms with van der Waals surface area (Å²) in [7, 11) is 2.97. The summed E-state index contributed by atoms with van der Waals surface area (Å²) in [6.45, 7) is 5.55. The molecule has 0 spiro atoms. The molecule has 2 aliphatic rings. The second kappa shape index (κ2) is 7.92. The Morgan fingerprint density at radius 2 is 1.62 bits per heavy atom. The van der Waals surface area contributed by atoms with Crippen LogP contribution in [-0.4, -0.2) is 79.9 Å². The predicted molar refractivity (Wildman–Crippen MR) is 83.2 cm³/mol. The first-order valence-electron chi connectivity index (χ1n) is 8.37. The number of rotatable bonds is 7. The van der Waals surface area contributed by atoms with Gasteiger partial charge in [0.15, 0.2) is 6.29 Å². The van der Waals surface area contributed by atoms with Crippen molar-refractivity contribution in [2.24, 2.45) is 0 Å². The van der Waals surface area contributed by atoms with Gasteiger partial charge in [-0.3, -0.25) is 0 Å². The van der Waals surface area contributed by atoms with Gasteiger partial charge in [-0.15, -0.1) is 0 Å². The van der Waals surface area contributed by atoms with Crippen molar-refractivity contribution < 1.29 is 38.6 Å². The Balaban J connectivity index is 2.25. The maximum absolute atomic E-state index is 10.5. The molecule has 0 aromatic heterocycles. The van der Waals surface area contributed by atoms with Crippen LogP contribution in [0.5, 0.6) is 0 Å². The third kappa shape index (κ3) is 3.47. The van der Waals surface area contributed by atoms with E-state index in [2.05, 4.69) is 6.92 Å². The molecule has 7 atom stereocenters. The summed E-state index contributed by atoms with van der Waals surface area (Å²) < 4.78 is 34.5. The predicted octanol–water partition coefficient (Wildman–Crippen LogP) is 0.390. The first-order valence-corrected chi connectivity index (χ1v) is 8.37. The van der Waals surface area contributed by atoms with Crippen molar-refractivity contribution in [3.63, 3.8) is 0 Å². The van der Waals surface area contributed by atoms with Gasteiger partial charge in [0.05, 0.1) is 6.61 Å². The molecule has 2 fully saturated rings. The van der Waals surface area contributed by atoms with Gasteiger partial charge < -0.3 is 38.6 Å². The topological polar surface area (TPSA) is 95.8 Å². The lowest BCUT2D eigenvalue weighted by Crippen LogP contribution is -2.73. The second-order valence-electron chi connectivity index (χ2n) is 6.41. The Labute approximate surface area is 142 Å². The van der Waals surface area contributed by atoms with Gasteiger partial charge in [0.2, 0.25) is 11.6 Å². The molecule has 0 radical (unpaired) electrons. The SMILES string of the molecule is CCCCO[C@@H]1O[C@H](CO)[C@H](O)[C@@H]2O[C@@](C)(OC)[C@](C)(OC)O[C@@H]12. The number of hydrogen-bond donors (Lipinski definition) is 2. The van der Waals surface area contributed by atoms with Crippen LogP contribution in [0.15, 0.2) is 0 Å². The Kier molecular flexibility index (Phi) is 6.60. The van der Waals surface area contributed by atoms with E-state index < -0.39 is 42.3 Å². The highest BCUT2D eigenvalue weighted by atomic mass is 16.8. The maximum atomic E-state index is 10.5. The zero-order valence-corrected chi connectivity index (χ0v) is 15.1. The molecule has 0 aromatic carbocycles. The lowest BCUT2D eigenvalue weighted by atomic mass is 9.94. The summed E-state index contributed by atoms with van der Waals surface area (Å²) in [6, 6.07) is 0. The molecule has 8 nitrogen and oxygen atoms in total. The normalized spacial score (nSPS) is 45.9. The second-order valence-corrected chi connectivity index (χ2v) is 6.41. The van der Waals surface area contributed by atoms with Gasteiger partial charge in [0.25, 0.3) is 0 Å². The highest BCUT2D eigenvalue weighted by Crippen LogP contribution is 2.43. The first-order chi connectivity index (χ1) is 11.4. The molecular weight excluding hydrogens is 320 g/mol. The molecule has 2 saturated heterocycles. The standard InChI is InChI=1S/C16H30O8/c1-6-7-8-21-14-13-12(11(18)10(9-17)22-14)23-15(2,19-4)16(3,20-5)24-13/h10-14,17-18H,6-9H2,1-5H3/t10-,11+,12+,13-,14-,15-,16-/m1/s1. The molecule has 0 aliphatic carbocycles. The number of aliphatic hydroxyl groups excluding tert-OH is 2. The third-order valence-electron chi connectivity index (χ3n) is 4.90. The van der Waals surface area contributed by atoms with Crippen molar-refractivity contribution in [2.75, 3.05) is 27.4 Å². The van der Waals surface area contributed by atoms with Gasteiger partial charge in [-0.25, -0.2) is 0 Å². The molecule has 24 heavy (non-hydrogen) atoms. The largest absolute Gasteiger partial charge is 0.394 e. The quantitative estimate of drug-likeness (QED) is 0.637. The monoisotopic (exact) mass is 350 g/mol. The minimum absolute atomic E-state index is 0.355. The smallest absolute Gasteiger partial charge is 0.220 e. The van der Waals surface area contributed by atoms with Crippen LogP contribution < -0.4 is 0 Å². The van der Waals surface area contributed by atoms with Gasteiger partial charge in [-0.05, 0) is 20.3 Å². The molecule has 2 rings (SSSR count). The fraction of sp³-hybridized carbons (Fsp3) is 1.00. The summed E-state index contributed by atoms with van der Waals surface area (Å²) in [5.41, 5.74) is 0. The third-order valence-corrected chi connectivity index (χ3v) is 4.90. The molecule has 8 heteroatoms. The average Bonchev–Trinajstić information content (AvgIpc) is 2.59. The number of ether oxygens (including phenoxy) is 6. The molecule has 2 heterocycles. The van der Waals surface area contributed by atoms with Gasteiger partial charge in [0.1, 0.15) is 24.4 Å². The van der Waals surface area contributed by atoms with Crippen LogP contribution in [0.4, 0.5) is 0 Å². The van der Waals surface area contributed by atoms with Gasteiger partial charge >= 0.3 is 0 Å². The van der Waals surface area contributed by atoms with Crippen molar-refractivity contribution in [1.82, 2.24) is 0 Å². The molecule has 142 valence electrons. The summed E-state index contributed by atoms with van der Waals surface area (Å²) >= 11 is 0. The molecule has 0 unspecified atom stereocenters. The van der Waals surface area contributed by atoms with Gasteiger partial charge in [-0.1, -0.05) is 13.3 Å². The summed E-state index contributed by atoms with van der Waals surface area (Å²) in [5, 5.41) is 20.0. The summed E-state index contributed by atoms with van der Waals surface area (Å²) in [6.07, 6.45) is -2.35. The van der Waals surface area contributed by atoms with Gasteiger partial charge in [0, 0.05) is 20.8 Å². The van der Waals surface area contributed by atoms with Crippen LogP contribution in [0.2, 0.25) is 0 Å². The lowest BCUT2D eigenvalue weighted by Gasteiger charge is -2.56. The van der Waals surface area contributed by atoms with Gasteiger partial charge in [-0.2, -0.15) is 0 Å². The van der Waals surface area contributed by atoms with Crippen LogP contribution >= 0.6 is 0 Å². The van der Waals surface area contributed by atoms with Crippen LogP contribution in [0, 0.1) is 0 Å². The molecule has 0 saturated carbocycles. The number of aliphatic hydroxyl groups is 2. The average molecular weight is 350 g/mol.